The number of hydrogen-bond donors (Lipinski definition) is 0. The fourth-order valence-electron chi connectivity index (χ4n) is 4.00. The number of methoxy groups -OCH3 is 1. The number of likely N-dealkylation sites (N-methyl/N-ethyl adjacent to an activating group) is 1. The van der Waals surface area contributed by atoms with Gasteiger partial charge in [0.05, 0.1) is 35.3 Å². The van der Waals surface area contributed by atoms with E-state index in [1.54, 1.807) is 30.7 Å². The summed E-state index contributed by atoms with van der Waals surface area (Å²) in [7, 11) is 5.07. The number of pyridine rings is 1. The fraction of sp³-hybridized carbons (Fsp3) is 0.318. The van der Waals surface area contributed by atoms with Crippen molar-refractivity contribution in [2.75, 3.05) is 37.0 Å². The molecule has 158 valence electrons. The molecular formula is C22H22F3N3O2. The average molecular weight is 417 g/mol. The van der Waals surface area contributed by atoms with Crippen molar-refractivity contribution in [2.24, 2.45) is 7.05 Å². The molecule has 1 aliphatic heterocycles. The topological polar surface area (TPSA) is 37.7 Å². The average Bonchev–Trinajstić information content (AvgIpc) is 2.71. The molecule has 0 bridgehead atoms. The van der Waals surface area contributed by atoms with E-state index in [1.165, 1.54) is 19.2 Å². The lowest BCUT2D eigenvalue weighted by Gasteiger charge is -2.38. The van der Waals surface area contributed by atoms with Crippen molar-refractivity contribution in [3.05, 3.63) is 57.9 Å². The third kappa shape index (κ3) is 3.16. The van der Waals surface area contributed by atoms with Crippen LogP contribution in [-0.2, 0) is 13.2 Å². The molecule has 0 aliphatic carbocycles. The first-order valence-corrected chi connectivity index (χ1v) is 9.50. The Morgan fingerprint density at radius 3 is 2.37 bits per heavy atom. The molecule has 0 spiro atoms. The molecule has 30 heavy (non-hydrogen) atoms. The summed E-state index contributed by atoms with van der Waals surface area (Å²) in [6.07, 6.45) is -4.44. The Morgan fingerprint density at radius 1 is 0.967 bits per heavy atom. The van der Waals surface area contributed by atoms with E-state index in [0.29, 0.717) is 47.0 Å². The number of aryl methyl sites for hydroxylation is 2. The van der Waals surface area contributed by atoms with Gasteiger partial charge in [0.15, 0.2) is 0 Å². The number of alkyl halides is 3. The largest absolute Gasteiger partial charge is 0.497 e. The normalized spacial score (nSPS) is 14.2. The van der Waals surface area contributed by atoms with Gasteiger partial charge in [-0.1, -0.05) is 0 Å². The SMILES string of the molecule is COc1cc(N2CCN(C)c3ccc(C(F)(F)F)cc32)c2cc(C)c(=O)n(C)c2c1. The minimum absolute atomic E-state index is 0.125. The minimum atomic E-state index is -4.44. The molecule has 3 aromatic rings. The van der Waals surface area contributed by atoms with E-state index in [2.05, 4.69) is 0 Å². The Hall–Kier alpha value is -3.16. The highest BCUT2D eigenvalue weighted by molar-refractivity contribution is 5.97. The van der Waals surface area contributed by atoms with Crippen LogP contribution in [-0.4, -0.2) is 31.8 Å². The van der Waals surface area contributed by atoms with Crippen molar-refractivity contribution < 1.29 is 17.9 Å². The van der Waals surface area contributed by atoms with Crippen LogP contribution in [0.4, 0.5) is 30.2 Å². The zero-order valence-corrected chi connectivity index (χ0v) is 17.2. The van der Waals surface area contributed by atoms with Crippen molar-refractivity contribution in [1.29, 1.82) is 0 Å². The standard InChI is InChI=1S/C22H22F3N3O2/c1-13-9-16-18(27(3)21(13)29)11-15(30-4)12-19(16)28-8-7-26(2)17-6-5-14(10-20(17)28)22(23,24)25/h5-6,9-12H,7-8H2,1-4H3. The van der Waals surface area contributed by atoms with E-state index in [4.69, 9.17) is 4.74 Å². The summed E-state index contributed by atoms with van der Waals surface area (Å²) in [5.74, 6) is 0.531. The van der Waals surface area contributed by atoms with Gasteiger partial charge in [-0.3, -0.25) is 4.79 Å². The van der Waals surface area contributed by atoms with Gasteiger partial charge in [0.1, 0.15) is 5.75 Å². The second-order valence-electron chi connectivity index (χ2n) is 7.55. The number of nitrogens with zero attached hydrogens (tertiary/aromatic N) is 3. The molecule has 1 aliphatic rings. The number of aromatic nitrogens is 1. The van der Waals surface area contributed by atoms with Gasteiger partial charge in [0, 0.05) is 50.3 Å². The third-order valence-electron chi connectivity index (χ3n) is 5.66. The van der Waals surface area contributed by atoms with Crippen LogP contribution in [0.25, 0.3) is 10.9 Å². The monoisotopic (exact) mass is 417 g/mol. The van der Waals surface area contributed by atoms with Crippen molar-refractivity contribution in [3.63, 3.8) is 0 Å². The zero-order valence-electron chi connectivity index (χ0n) is 17.2. The first-order chi connectivity index (χ1) is 14.1. The number of rotatable bonds is 2. The maximum atomic E-state index is 13.4. The Morgan fingerprint density at radius 2 is 1.70 bits per heavy atom. The smallest absolute Gasteiger partial charge is 0.416 e. The van der Waals surface area contributed by atoms with Crippen LogP contribution in [0.2, 0.25) is 0 Å². The van der Waals surface area contributed by atoms with Crippen LogP contribution < -0.4 is 20.1 Å². The van der Waals surface area contributed by atoms with Crippen LogP contribution in [0.1, 0.15) is 11.1 Å². The number of halogens is 3. The molecule has 0 unspecified atom stereocenters. The van der Waals surface area contributed by atoms with Crippen molar-refractivity contribution >= 4 is 28.0 Å². The van der Waals surface area contributed by atoms with E-state index in [9.17, 15) is 18.0 Å². The van der Waals surface area contributed by atoms with Gasteiger partial charge in [-0.15, -0.1) is 0 Å². The van der Waals surface area contributed by atoms with Crippen molar-refractivity contribution in [2.45, 2.75) is 13.1 Å². The highest BCUT2D eigenvalue weighted by Gasteiger charge is 2.33. The highest BCUT2D eigenvalue weighted by Crippen LogP contribution is 2.44. The lowest BCUT2D eigenvalue weighted by molar-refractivity contribution is -0.137. The van der Waals surface area contributed by atoms with Crippen LogP contribution in [0.15, 0.2) is 41.2 Å². The van der Waals surface area contributed by atoms with E-state index < -0.39 is 11.7 Å². The molecule has 0 radical (unpaired) electrons. The van der Waals surface area contributed by atoms with Gasteiger partial charge in [0.25, 0.3) is 5.56 Å². The van der Waals surface area contributed by atoms with Gasteiger partial charge in [-0.25, -0.2) is 0 Å². The van der Waals surface area contributed by atoms with Crippen molar-refractivity contribution in [3.8, 4) is 5.75 Å². The molecule has 2 aromatic carbocycles. The predicted molar refractivity (Wildman–Crippen MR) is 112 cm³/mol. The first kappa shape index (κ1) is 20.1. The summed E-state index contributed by atoms with van der Waals surface area (Å²) in [4.78, 5) is 16.3. The van der Waals surface area contributed by atoms with Gasteiger partial charge in [-0.05, 0) is 31.2 Å². The van der Waals surface area contributed by atoms with Crippen LogP contribution in [0, 0.1) is 6.92 Å². The van der Waals surface area contributed by atoms with Gasteiger partial charge in [0.2, 0.25) is 0 Å². The number of benzene rings is 2. The summed E-state index contributed by atoms with van der Waals surface area (Å²) in [6.45, 7) is 2.87. The van der Waals surface area contributed by atoms with Crippen LogP contribution >= 0.6 is 0 Å². The molecule has 2 heterocycles. The Kier molecular flexibility index (Phi) is 4.67. The minimum Gasteiger partial charge on any atom is -0.497 e. The van der Waals surface area contributed by atoms with E-state index in [0.717, 1.165) is 11.5 Å². The van der Waals surface area contributed by atoms with E-state index in [1.807, 2.05) is 22.9 Å². The molecule has 0 N–H and O–H groups in total. The Labute approximate surface area is 171 Å². The Bertz CT molecular complexity index is 1200. The van der Waals surface area contributed by atoms with Gasteiger partial charge < -0.3 is 19.1 Å². The highest BCUT2D eigenvalue weighted by atomic mass is 19.4. The van der Waals surface area contributed by atoms with E-state index >= 15 is 0 Å². The van der Waals surface area contributed by atoms with E-state index in [-0.39, 0.29) is 5.56 Å². The maximum absolute atomic E-state index is 13.4. The van der Waals surface area contributed by atoms with Crippen molar-refractivity contribution in [1.82, 2.24) is 4.57 Å². The number of hydrogen-bond acceptors (Lipinski definition) is 4. The predicted octanol–water partition coefficient (Wildman–Crippen LogP) is 4.46. The summed E-state index contributed by atoms with van der Waals surface area (Å²) < 4.78 is 47.2. The quantitative estimate of drug-likeness (QED) is 0.617. The third-order valence-corrected chi connectivity index (χ3v) is 5.66. The maximum Gasteiger partial charge on any atom is 0.416 e. The molecule has 4 rings (SSSR count). The van der Waals surface area contributed by atoms with Gasteiger partial charge in [-0.2, -0.15) is 13.2 Å². The molecule has 0 amide bonds. The molecular weight excluding hydrogens is 395 g/mol. The number of anilines is 3. The molecule has 5 nitrogen and oxygen atoms in total. The summed E-state index contributed by atoms with van der Waals surface area (Å²) in [6, 6.07) is 9.16. The van der Waals surface area contributed by atoms with Gasteiger partial charge >= 0.3 is 6.18 Å². The molecule has 0 saturated carbocycles. The molecule has 1 aromatic heterocycles. The summed E-state index contributed by atoms with van der Waals surface area (Å²) in [5, 5.41) is 0.781. The second kappa shape index (κ2) is 6.97. The summed E-state index contributed by atoms with van der Waals surface area (Å²) >= 11 is 0. The number of fused-ring (bicyclic) bond motifs is 2. The summed E-state index contributed by atoms with van der Waals surface area (Å²) in [5.41, 5.74) is 2.29. The molecule has 0 atom stereocenters. The van der Waals surface area contributed by atoms with Crippen LogP contribution in [0.5, 0.6) is 5.75 Å². The Balaban J connectivity index is 2.02. The second-order valence-corrected chi connectivity index (χ2v) is 7.55. The first-order valence-electron chi connectivity index (χ1n) is 9.50. The fourth-order valence-corrected chi connectivity index (χ4v) is 4.00. The lowest BCUT2D eigenvalue weighted by atomic mass is 10.0. The van der Waals surface area contributed by atoms with Crippen LogP contribution in [0.3, 0.4) is 0 Å². The zero-order chi connectivity index (χ0) is 21.8. The number of ether oxygens (including phenoxy) is 1. The molecule has 0 fully saturated rings. The molecule has 0 saturated heterocycles. The lowest BCUT2D eigenvalue weighted by Crippen LogP contribution is -2.37. The molecule has 8 heteroatoms.